The summed E-state index contributed by atoms with van der Waals surface area (Å²) in [6.45, 7) is 4.33. The second-order valence-electron chi connectivity index (χ2n) is 8.80. The molecule has 0 aromatic heterocycles. The van der Waals surface area contributed by atoms with Crippen molar-refractivity contribution in [3.8, 4) is 0 Å². The summed E-state index contributed by atoms with van der Waals surface area (Å²) in [7, 11) is 2.32. The second kappa shape index (κ2) is 8.09. The number of hydrogen-bond donors (Lipinski definition) is 0. The molecule has 0 saturated carbocycles. The van der Waals surface area contributed by atoms with Crippen molar-refractivity contribution in [2.75, 3.05) is 7.05 Å². The van der Waals surface area contributed by atoms with Gasteiger partial charge in [0.25, 0.3) is 0 Å². The monoisotopic (exact) mass is 411 g/mol. The molecule has 2 aliphatic heterocycles. The Morgan fingerprint density at radius 1 is 0.800 bits per heavy atom. The maximum absolute atomic E-state index is 2.63. The minimum absolute atomic E-state index is 0.389. The van der Waals surface area contributed by atoms with E-state index in [9.17, 15) is 0 Å². The average Bonchev–Trinajstić information content (AvgIpc) is 2.95. The van der Waals surface area contributed by atoms with Gasteiger partial charge in [0.05, 0.1) is 0 Å². The summed E-state index contributed by atoms with van der Waals surface area (Å²) in [5, 5.41) is 0.576. The molecule has 3 aromatic carbocycles. The van der Waals surface area contributed by atoms with Gasteiger partial charge in [0, 0.05) is 28.1 Å². The van der Waals surface area contributed by atoms with Crippen LogP contribution in [0, 0.1) is 13.8 Å². The van der Waals surface area contributed by atoms with E-state index < -0.39 is 0 Å². The highest BCUT2D eigenvalue weighted by Crippen LogP contribution is 2.51. The summed E-state index contributed by atoms with van der Waals surface area (Å²) in [5.74, 6) is 0.389. The summed E-state index contributed by atoms with van der Waals surface area (Å²) >= 11 is 2.06. The van der Waals surface area contributed by atoms with Crippen molar-refractivity contribution in [3.63, 3.8) is 0 Å². The first-order valence-corrected chi connectivity index (χ1v) is 11.8. The highest BCUT2D eigenvalue weighted by molar-refractivity contribution is 8.00. The van der Waals surface area contributed by atoms with Crippen LogP contribution in [0.4, 0.5) is 0 Å². The molecular formula is C28H29NS. The first-order valence-electron chi connectivity index (χ1n) is 10.9. The van der Waals surface area contributed by atoms with Gasteiger partial charge in [-0.2, -0.15) is 0 Å². The normalized spacial score (nSPS) is 25.9. The highest BCUT2D eigenvalue weighted by Gasteiger charge is 2.48. The lowest BCUT2D eigenvalue weighted by atomic mass is 9.79. The zero-order valence-corrected chi connectivity index (χ0v) is 18.8. The minimum Gasteiger partial charge on any atom is -0.295 e. The summed E-state index contributed by atoms with van der Waals surface area (Å²) in [4.78, 5) is 4.01. The molecule has 2 bridgehead atoms. The van der Waals surface area contributed by atoms with Crippen molar-refractivity contribution in [2.45, 2.75) is 48.4 Å². The molecule has 0 N–H and O–H groups in total. The minimum atomic E-state index is 0.389. The Bertz CT molecular complexity index is 1040. The SMILES string of the molecule is Cc1ccc(S[C@@H]2C[C@H]3C=C(c4ccc(C)cc4)[C@H](c4ccccc4)[C@@H]2N3C)cc1. The summed E-state index contributed by atoms with van der Waals surface area (Å²) in [5.41, 5.74) is 6.95. The Labute approximate surface area is 184 Å². The van der Waals surface area contributed by atoms with Gasteiger partial charge in [-0.05, 0) is 56.1 Å². The third kappa shape index (κ3) is 3.64. The predicted octanol–water partition coefficient (Wildman–Crippen LogP) is 6.72. The van der Waals surface area contributed by atoms with Gasteiger partial charge in [-0.3, -0.25) is 4.90 Å². The Morgan fingerprint density at radius 3 is 2.10 bits per heavy atom. The van der Waals surface area contributed by atoms with E-state index >= 15 is 0 Å². The van der Waals surface area contributed by atoms with Gasteiger partial charge in [0.15, 0.2) is 0 Å². The number of hydrogen-bond acceptors (Lipinski definition) is 2. The summed E-state index contributed by atoms with van der Waals surface area (Å²) in [6, 6.07) is 30.3. The molecule has 1 fully saturated rings. The van der Waals surface area contributed by atoms with Gasteiger partial charge in [0.1, 0.15) is 0 Å². The molecule has 1 saturated heterocycles. The van der Waals surface area contributed by atoms with Crippen LogP contribution in [0.15, 0.2) is 89.8 Å². The first kappa shape index (κ1) is 19.7. The molecule has 4 atom stereocenters. The molecular weight excluding hydrogens is 382 g/mol. The molecule has 152 valence electrons. The van der Waals surface area contributed by atoms with Crippen LogP contribution in [0.2, 0.25) is 0 Å². The van der Waals surface area contributed by atoms with Crippen molar-refractivity contribution < 1.29 is 0 Å². The largest absolute Gasteiger partial charge is 0.295 e. The van der Waals surface area contributed by atoms with Crippen molar-refractivity contribution in [3.05, 3.63) is 107 Å². The number of nitrogens with zero attached hydrogens (tertiary/aromatic N) is 1. The number of thioether (sulfide) groups is 1. The van der Waals surface area contributed by atoms with Crippen molar-refractivity contribution in [1.82, 2.24) is 4.90 Å². The van der Waals surface area contributed by atoms with Gasteiger partial charge >= 0.3 is 0 Å². The lowest BCUT2D eigenvalue weighted by Crippen LogP contribution is -2.42. The fourth-order valence-electron chi connectivity index (χ4n) is 5.13. The van der Waals surface area contributed by atoms with E-state index in [1.807, 2.05) is 0 Å². The molecule has 5 rings (SSSR count). The molecule has 2 heterocycles. The van der Waals surface area contributed by atoms with Gasteiger partial charge in [-0.25, -0.2) is 0 Å². The fourth-order valence-corrected chi connectivity index (χ4v) is 6.55. The number of benzene rings is 3. The predicted molar refractivity (Wildman–Crippen MR) is 129 cm³/mol. The molecule has 0 unspecified atom stereocenters. The van der Waals surface area contributed by atoms with Crippen molar-refractivity contribution >= 4 is 17.3 Å². The van der Waals surface area contributed by atoms with Crippen LogP contribution in [0.25, 0.3) is 5.57 Å². The molecule has 0 spiro atoms. The van der Waals surface area contributed by atoms with Crippen LogP contribution in [-0.2, 0) is 0 Å². The van der Waals surface area contributed by atoms with Crippen LogP contribution in [0.1, 0.15) is 34.6 Å². The Morgan fingerprint density at radius 2 is 1.43 bits per heavy atom. The maximum Gasteiger partial charge on any atom is 0.0331 e. The van der Waals surface area contributed by atoms with E-state index in [4.69, 9.17) is 0 Å². The van der Waals surface area contributed by atoms with E-state index in [0.29, 0.717) is 23.3 Å². The third-order valence-electron chi connectivity index (χ3n) is 6.75. The molecule has 0 aliphatic carbocycles. The van der Waals surface area contributed by atoms with E-state index in [-0.39, 0.29) is 0 Å². The highest BCUT2D eigenvalue weighted by atomic mass is 32.2. The Hall–Kier alpha value is -2.29. The maximum atomic E-state index is 2.63. The summed E-state index contributed by atoms with van der Waals surface area (Å²) in [6.07, 6.45) is 3.76. The molecule has 1 nitrogen and oxygen atoms in total. The smallest absolute Gasteiger partial charge is 0.0331 e. The lowest BCUT2D eigenvalue weighted by molar-refractivity contribution is 0.248. The molecule has 2 heteroatoms. The first-order chi connectivity index (χ1) is 14.6. The van der Waals surface area contributed by atoms with Crippen LogP contribution in [0.3, 0.4) is 0 Å². The standard InChI is InChI=1S/C28H29NS/c1-19-9-13-21(14-10-19)25-17-23-18-26(30-24-15-11-20(2)12-16-24)28(29(23)3)27(25)22-7-5-4-6-8-22/h4-17,23,26-28H,18H2,1-3H3/t23-,26-,27+,28-/m1/s1. The second-order valence-corrected chi connectivity index (χ2v) is 10.1. The Kier molecular flexibility index (Phi) is 5.30. The van der Waals surface area contributed by atoms with Crippen molar-refractivity contribution in [1.29, 1.82) is 0 Å². The molecule has 0 amide bonds. The topological polar surface area (TPSA) is 3.24 Å². The number of fused-ring (bicyclic) bond motifs is 2. The number of likely N-dealkylation sites (N-methyl/N-ethyl adjacent to an activating group) is 1. The van der Waals surface area contributed by atoms with Gasteiger partial charge in [-0.1, -0.05) is 83.9 Å². The molecule has 0 radical (unpaired) electrons. The third-order valence-corrected chi connectivity index (χ3v) is 8.07. The van der Waals surface area contributed by atoms with Crippen LogP contribution in [-0.4, -0.2) is 29.3 Å². The molecule has 3 aromatic rings. The number of aryl methyl sites for hydroxylation is 2. The van der Waals surface area contributed by atoms with Gasteiger partial charge in [0.2, 0.25) is 0 Å². The van der Waals surface area contributed by atoms with E-state index in [1.165, 1.54) is 39.1 Å². The quantitative estimate of drug-likeness (QED) is 0.469. The van der Waals surface area contributed by atoms with Gasteiger partial charge < -0.3 is 0 Å². The van der Waals surface area contributed by atoms with Crippen LogP contribution < -0.4 is 0 Å². The molecule has 2 aliphatic rings. The van der Waals surface area contributed by atoms with E-state index in [0.717, 1.165) is 0 Å². The van der Waals surface area contributed by atoms with Crippen LogP contribution in [0.5, 0.6) is 0 Å². The molecule has 30 heavy (non-hydrogen) atoms. The van der Waals surface area contributed by atoms with E-state index in [1.54, 1.807) is 0 Å². The Balaban J connectivity index is 1.55. The zero-order valence-electron chi connectivity index (χ0n) is 18.0. The fraction of sp³-hybridized carbons (Fsp3) is 0.286. The lowest BCUT2D eigenvalue weighted by Gasteiger charge is -2.39. The van der Waals surface area contributed by atoms with Crippen molar-refractivity contribution in [2.24, 2.45) is 0 Å². The summed E-state index contributed by atoms with van der Waals surface area (Å²) < 4.78 is 0. The van der Waals surface area contributed by atoms with Crippen LogP contribution >= 0.6 is 11.8 Å². The van der Waals surface area contributed by atoms with E-state index in [2.05, 4.69) is 122 Å². The number of rotatable bonds is 4. The zero-order chi connectivity index (χ0) is 20.7. The van der Waals surface area contributed by atoms with Gasteiger partial charge in [-0.15, -0.1) is 11.8 Å². The average molecular weight is 412 g/mol.